The summed E-state index contributed by atoms with van der Waals surface area (Å²) in [6.45, 7) is 7.03. The van der Waals surface area contributed by atoms with Crippen molar-refractivity contribution < 1.29 is 29.3 Å². The first kappa shape index (κ1) is 27.5. The molecule has 0 radical (unpaired) electrons. The number of likely N-dealkylation sites (tertiary alicyclic amines) is 1. The molecule has 0 aromatic heterocycles. The van der Waals surface area contributed by atoms with Crippen LogP contribution in [0.1, 0.15) is 78.1 Å². The lowest BCUT2D eigenvalue weighted by atomic mass is 9.92. The van der Waals surface area contributed by atoms with Gasteiger partial charge in [-0.15, -0.1) is 0 Å². The molecule has 0 spiro atoms. The quantitative estimate of drug-likeness (QED) is 0.482. The molecule has 0 aromatic rings. The predicted octanol–water partition coefficient (Wildman–Crippen LogP) is 4.61. The van der Waals surface area contributed by atoms with Crippen molar-refractivity contribution in [2.75, 3.05) is 26.2 Å². The molecule has 8 nitrogen and oxygen atoms in total. The number of amides is 1. The molecule has 2 fully saturated rings. The molecule has 2 aliphatic heterocycles. The molecule has 9 heteroatoms. The zero-order valence-corrected chi connectivity index (χ0v) is 19.7. The Morgan fingerprint density at radius 3 is 1.68 bits per heavy atom. The molecule has 1 amide bonds. The van der Waals surface area contributed by atoms with Gasteiger partial charge in [-0.05, 0) is 88.8 Å². The fraction of sp³-hybridized carbons (Fsp3) is 0.864. The Kier molecular flexibility index (Phi) is 13.6. The number of halogens is 1. The van der Waals surface area contributed by atoms with E-state index in [0.29, 0.717) is 18.3 Å². The van der Waals surface area contributed by atoms with Crippen LogP contribution < -0.4 is 0 Å². The second kappa shape index (κ2) is 15.3. The van der Waals surface area contributed by atoms with Crippen LogP contribution in [0.5, 0.6) is 0 Å². The van der Waals surface area contributed by atoms with Gasteiger partial charge in [0.2, 0.25) is 0 Å². The normalized spacial score (nSPS) is 18.4. The van der Waals surface area contributed by atoms with Gasteiger partial charge in [0.05, 0.1) is 6.10 Å². The monoisotopic (exact) mass is 462 g/mol. The molecular formula is C22H39ClN2O6. The third-order valence-corrected chi connectivity index (χ3v) is 6.11. The van der Waals surface area contributed by atoms with Crippen molar-refractivity contribution in [1.82, 2.24) is 9.32 Å². The van der Waals surface area contributed by atoms with Gasteiger partial charge in [0.25, 0.3) is 0 Å². The van der Waals surface area contributed by atoms with Crippen molar-refractivity contribution in [1.29, 1.82) is 0 Å². The molecule has 180 valence electrons. The fourth-order valence-electron chi connectivity index (χ4n) is 3.95. The maximum Gasteiger partial charge on any atom is 0.410 e. The van der Waals surface area contributed by atoms with Gasteiger partial charge in [-0.25, -0.2) is 9.21 Å². The predicted molar refractivity (Wildman–Crippen MR) is 119 cm³/mol. The van der Waals surface area contributed by atoms with Gasteiger partial charge < -0.3 is 19.8 Å². The van der Waals surface area contributed by atoms with Crippen LogP contribution in [0.25, 0.3) is 0 Å². The molecule has 0 saturated carbocycles. The second-order valence-corrected chi connectivity index (χ2v) is 9.27. The molecule has 31 heavy (non-hydrogen) atoms. The first-order chi connectivity index (χ1) is 14.7. The number of carboxylic acid groups (broad SMARTS) is 2. The van der Waals surface area contributed by atoms with E-state index in [1.54, 1.807) is 4.90 Å². The highest BCUT2D eigenvalue weighted by molar-refractivity contribution is 6.13. The molecule has 2 rings (SSSR count). The Balaban J connectivity index is 0.000000327. The van der Waals surface area contributed by atoms with Gasteiger partial charge >= 0.3 is 18.0 Å². The minimum atomic E-state index is -0.729. The van der Waals surface area contributed by atoms with E-state index in [9.17, 15) is 14.4 Å². The minimum absolute atomic E-state index is 0.0780. The van der Waals surface area contributed by atoms with Crippen LogP contribution in [0.3, 0.4) is 0 Å². The number of carbonyl (C=O) groups is 3. The van der Waals surface area contributed by atoms with Gasteiger partial charge in [0.15, 0.2) is 0 Å². The second-order valence-electron chi connectivity index (χ2n) is 8.79. The maximum atomic E-state index is 11.6. The third-order valence-electron chi connectivity index (χ3n) is 5.78. The Hall–Kier alpha value is -1.54. The lowest BCUT2D eigenvalue weighted by Gasteiger charge is -2.31. The van der Waals surface area contributed by atoms with Gasteiger partial charge in [0, 0.05) is 39.0 Å². The standard InChI is InChI=1S/C13H23NO4.C9H16ClNO2/c1-10(2)18-13(17)14-8-6-11(7-9-14)4-3-5-12(15)16;10-11-6-4-8(5-7-11)2-1-3-9(12)13/h10-11H,3-9H2,1-2H3,(H,15,16);8H,1-7H2,(H,12,13). The highest BCUT2D eigenvalue weighted by Gasteiger charge is 2.24. The Morgan fingerprint density at radius 1 is 0.871 bits per heavy atom. The molecule has 0 aromatic carbocycles. The molecule has 0 unspecified atom stereocenters. The SMILES string of the molecule is CC(C)OC(=O)N1CCC(CCCC(=O)O)CC1.O=C(O)CCCC1CCN(Cl)CC1. The molecule has 0 aliphatic carbocycles. The first-order valence-electron chi connectivity index (χ1n) is 11.5. The van der Waals surface area contributed by atoms with Crippen LogP contribution >= 0.6 is 11.8 Å². The fourth-order valence-corrected chi connectivity index (χ4v) is 4.15. The number of carbonyl (C=O) groups excluding carboxylic acids is 1. The smallest absolute Gasteiger partial charge is 0.410 e. The van der Waals surface area contributed by atoms with Crippen LogP contribution in [-0.4, -0.2) is 69.8 Å². The largest absolute Gasteiger partial charge is 0.481 e. The Labute approximate surface area is 191 Å². The van der Waals surface area contributed by atoms with Gasteiger partial charge in [-0.3, -0.25) is 9.59 Å². The summed E-state index contributed by atoms with van der Waals surface area (Å²) in [6.07, 6.45) is 7.90. The number of piperidine rings is 2. The average molecular weight is 463 g/mol. The van der Waals surface area contributed by atoms with Crippen molar-refractivity contribution in [2.24, 2.45) is 11.8 Å². The van der Waals surface area contributed by atoms with Gasteiger partial charge in [-0.1, -0.05) is 0 Å². The minimum Gasteiger partial charge on any atom is -0.481 e. The summed E-state index contributed by atoms with van der Waals surface area (Å²) in [5.74, 6) is -0.176. The highest BCUT2D eigenvalue weighted by atomic mass is 35.5. The molecule has 2 heterocycles. The number of hydrogen-bond acceptors (Lipinski definition) is 5. The number of aliphatic carboxylic acids is 2. The lowest BCUT2D eigenvalue weighted by Crippen LogP contribution is -2.39. The summed E-state index contributed by atoms with van der Waals surface area (Å²) < 4.78 is 6.96. The summed E-state index contributed by atoms with van der Waals surface area (Å²) >= 11 is 5.81. The topological polar surface area (TPSA) is 107 Å². The van der Waals surface area contributed by atoms with Crippen molar-refractivity contribution in [2.45, 2.75) is 84.2 Å². The van der Waals surface area contributed by atoms with E-state index in [1.807, 2.05) is 18.3 Å². The third kappa shape index (κ3) is 13.5. The number of carboxylic acids is 2. The Bertz CT molecular complexity index is 544. The summed E-state index contributed by atoms with van der Waals surface area (Å²) in [4.78, 5) is 34.1. The van der Waals surface area contributed by atoms with Crippen LogP contribution in [0.4, 0.5) is 4.79 Å². The molecular weight excluding hydrogens is 424 g/mol. The van der Waals surface area contributed by atoms with E-state index in [2.05, 4.69) is 0 Å². The number of nitrogens with zero attached hydrogens (tertiary/aromatic N) is 2. The summed E-state index contributed by atoms with van der Waals surface area (Å²) in [6, 6.07) is 0. The molecule has 0 bridgehead atoms. The maximum absolute atomic E-state index is 11.6. The van der Waals surface area contributed by atoms with Gasteiger partial charge in [-0.2, -0.15) is 0 Å². The van der Waals surface area contributed by atoms with Crippen LogP contribution in [0, 0.1) is 11.8 Å². The summed E-state index contributed by atoms with van der Waals surface area (Å²) in [5, 5.41) is 17.0. The van der Waals surface area contributed by atoms with E-state index in [4.69, 9.17) is 26.7 Å². The Morgan fingerprint density at radius 2 is 1.29 bits per heavy atom. The first-order valence-corrected chi connectivity index (χ1v) is 11.8. The van der Waals surface area contributed by atoms with Crippen molar-refractivity contribution >= 4 is 29.8 Å². The lowest BCUT2D eigenvalue weighted by molar-refractivity contribution is -0.138. The summed E-state index contributed by atoms with van der Waals surface area (Å²) in [5.41, 5.74) is 0. The highest BCUT2D eigenvalue weighted by Crippen LogP contribution is 2.24. The summed E-state index contributed by atoms with van der Waals surface area (Å²) in [7, 11) is 0. The molecule has 2 N–H and O–H groups in total. The van der Waals surface area contributed by atoms with Crippen LogP contribution in [0.15, 0.2) is 0 Å². The van der Waals surface area contributed by atoms with E-state index in [1.165, 1.54) is 0 Å². The van der Waals surface area contributed by atoms with E-state index in [0.717, 1.165) is 77.5 Å². The van der Waals surface area contributed by atoms with Crippen molar-refractivity contribution in [3.63, 3.8) is 0 Å². The zero-order chi connectivity index (χ0) is 23.2. The molecule has 2 aliphatic rings. The molecule has 0 atom stereocenters. The zero-order valence-electron chi connectivity index (χ0n) is 18.9. The van der Waals surface area contributed by atoms with Gasteiger partial charge in [0.1, 0.15) is 0 Å². The van der Waals surface area contributed by atoms with Crippen molar-refractivity contribution in [3.8, 4) is 0 Å². The molecule has 2 saturated heterocycles. The van der Waals surface area contributed by atoms with Crippen LogP contribution in [0.2, 0.25) is 0 Å². The number of rotatable bonds is 9. The number of hydrogen-bond donors (Lipinski definition) is 2. The van der Waals surface area contributed by atoms with Crippen molar-refractivity contribution in [3.05, 3.63) is 0 Å². The average Bonchev–Trinajstić information content (AvgIpc) is 2.69. The number of ether oxygens (including phenoxy) is 1. The van der Waals surface area contributed by atoms with E-state index in [-0.39, 0.29) is 18.6 Å². The van der Waals surface area contributed by atoms with E-state index >= 15 is 0 Å². The van der Waals surface area contributed by atoms with Crippen LogP contribution in [-0.2, 0) is 14.3 Å². The van der Waals surface area contributed by atoms with E-state index < -0.39 is 11.9 Å².